The van der Waals surface area contributed by atoms with Crippen molar-refractivity contribution in [2.75, 3.05) is 195 Å². The Hall–Kier alpha value is -11.7. The van der Waals surface area contributed by atoms with Crippen LogP contribution in [0.15, 0.2) is 153 Å². The van der Waals surface area contributed by atoms with E-state index in [9.17, 15) is 30.8 Å². The lowest BCUT2D eigenvalue weighted by molar-refractivity contribution is -0.128. The number of aliphatic hydroxyl groups is 2. The van der Waals surface area contributed by atoms with E-state index in [2.05, 4.69) is 211 Å². The summed E-state index contributed by atoms with van der Waals surface area (Å²) in [6, 6.07) is 47.9. The largest absolute Gasteiger partial charge is 0.462 e. The van der Waals surface area contributed by atoms with Gasteiger partial charge in [-0.2, -0.15) is 45.7 Å². The number of rotatable bonds is 26. The van der Waals surface area contributed by atoms with Crippen LogP contribution in [0.5, 0.6) is 18.0 Å². The van der Waals surface area contributed by atoms with E-state index in [0.717, 1.165) is 121 Å². The number of aromatic nitrogens is 6. The number of anilines is 6. The van der Waals surface area contributed by atoms with E-state index in [4.69, 9.17) is 58.3 Å². The number of hydrogen-bond donors (Lipinski definition) is 2. The van der Waals surface area contributed by atoms with Crippen molar-refractivity contribution in [2.24, 2.45) is 0 Å². The zero-order valence-electron chi connectivity index (χ0n) is 72.0. The maximum atomic E-state index is 13.1. The highest BCUT2D eigenvalue weighted by molar-refractivity contribution is 5.97. The predicted molar refractivity (Wildman–Crippen MR) is 482 cm³/mol. The molecule has 9 atom stereocenters. The highest BCUT2D eigenvalue weighted by Crippen LogP contribution is 2.43. The lowest BCUT2D eigenvalue weighted by Crippen LogP contribution is -2.56. The summed E-state index contributed by atoms with van der Waals surface area (Å²) in [6.45, 7) is 25.8. The van der Waals surface area contributed by atoms with Crippen LogP contribution in [0, 0.1) is 34.0 Å². The number of likely N-dealkylation sites (N-methyl/N-ethyl adjacent to an activating group) is 2. The molecule has 30 heteroatoms. The van der Waals surface area contributed by atoms with Gasteiger partial charge >= 0.3 is 18.0 Å². The number of amides is 1. The molecule has 18 rings (SSSR count). The maximum Gasteiger partial charge on any atom is 0.318 e. The number of nitrogens with zero attached hydrogens (tertiary/aromatic N) is 21. The Labute approximate surface area is 735 Å². The van der Waals surface area contributed by atoms with E-state index in [0.29, 0.717) is 170 Å². The molecule has 3 aromatic heterocycles. The van der Waals surface area contributed by atoms with Gasteiger partial charge in [0.25, 0.3) is 0 Å². The molecule has 126 heavy (non-hydrogen) atoms. The zero-order valence-corrected chi connectivity index (χ0v) is 72.0. The molecule has 2 N–H and O–H groups in total. The van der Waals surface area contributed by atoms with Gasteiger partial charge in [0.15, 0.2) is 0 Å². The summed E-state index contributed by atoms with van der Waals surface area (Å²) in [6.07, 6.45) is 4.91. The van der Waals surface area contributed by atoms with Gasteiger partial charge < -0.3 is 72.9 Å². The lowest BCUT2D eigenvalue weighted by Gasteiger charge is -2.43. The molecule has 9 aliphatic heterocycles. The molecule has 0 radical (unpaired) electrons. The molecule has 6 saturated heterocycles. The number of benzene rings is 6. The minimum atomic E-state index is -0.908. The average Bonchev–Trinajstić information content (AvgIpc) is 0.762. The summed E-state index contributed by atoms with van der Waals surface area (Å²) in [5, 5.41) is 59.2. The number of fused-ring (bicyclic) bond motifs is 6. The molecular weight excluding hydrogens is 1590 g/mol. The van der Waals surface area contributed by atoms with Crippen LogP contribution in [0.25, 0.3) is 32.3 Å². The molecule has 654 valence electrons. The smallest absolute Gasteiger partial charge is 0.318 e. The van der Waals surface area contributed by atoms with Crippen molar-refractivity contribution in [1.29, 1.82) is 15.8 Å². The van der Waals surface area contributed by atoms with Crippen molar-refractivity contribution in [3.8, 4) is 36.2 Å². The molecule has 0 bridgehead atoms. The molecule has 0 spiro atoms. The van der Waals surface area contributed by atoms with Gasteiger partial charge in [0.2, 0.25) is 5.91 Å². The van der Waals surface area contributed by atoms with Crippen molar-refractivity contribution >= 4 is 72.7 Å². The van der Waals surface area contributed by atoms with Gasteiger partial charge in [-0.15, -0.1) is 0 Å². The minimum Gasteiger partial charge on any atom is -0.462 e. The summed E-state index contributed by atoms with van der Waals surface area (Å²) >= 11 is 0. The Kier molecular flexibility index (Phi) is 25.8. The van der Waals surface area contributed by atoms with Crippen molar-refractivity contribution in [3.05, 3.63) is 198 Å². The first-order chi connectivity index (χ1) is 61.7. The number of hydrogen-bond acceptors (Lipinski definition) is 29. The highest BCUT2D eigenvalue weighted by Gasteiger charge is 2.41. The second-order valence-electron chi connectivity index (χ2n) is 34.5. The van der Waals surface area contributed by atoms with Gasteiger partial charge in [-0.3, -0.25) is 29.3 Å². The molecule has 6 unspecified atom stereocenters. The number of ether oxygens (including phenoxy) is 6. The van der Waals surface area contributed by atoms with E-state index in [1.54, 1.807) is 4.90 Å². The molecule has 6 aromatic carbocycles. The Morgan fingerprint density at radius 3 is 1.55 bits per heavy atom. The van der Waals surface area contributed by atoms with E-state index >= 15 is 0 Å². The van der Waals surface area contributed by atoms with E-state index < -0.39 is 12.5 Å². The number of carbonyl (C=O) groups is 1. The average molecular weight is 1700 g/mol. The normalized spacial score (nSPS) is 22.9. The van der Waals surface area contributed by atoms with Crippen LogP contribution < -0.4 is 43.6 Å². The van der Waals surface area contributed by atoms with Crippen LogP contribution in [-0.2, 0) is 64.4 Å². The zero-order chi connectivity index (χ0) is 86.5. The van der Waals surface area contributed by atoms with E-state index in [1.165, 1.54) is 29.0 Å². The second kappa shape index (κ2) is 38.2. The van der Waals surface area contributed by atoms with Crippen molar-refractivity contribution in [3.63, 3.8) is 0 Å². The molecule has 9 aromatic rings. The summed E-state index contributed by atoms with van der Waals surface area (Å²) < 4.78 is 39.2. The van der Waals surface area contributed by atoms with Crippen molar-refractivity contribution in [2.45, 2.75) is 120 Å². The third kappa shape index (κ3) is 18.0. The molecule has 0 aliphatic carbocycles. The number of morpholine rings is 3. The van der Waals surface area contributed by atoms with Gasteiger partial charge in [-0.25, -0.2) is 0 Å². The van der Waals surface area contributed by atoms with Crippen molar-refractivity contribution < 1.29 is 43.4 Å². The second-order valence-corrected chi connectivity index (χ2v) is 34.5. The van der Waals surface area contributed by atoms with Gasteiger partial charge in [0.1, 0.15) is 55.8 Å². The minimum absolute atomic E-state index is 0.0324. The van der Waals surface area contributed by atoms with Crippen LogP contribution >= 0.6 is 0 Å². The molecular formula is C96H111N21O9. The summed E-state index contributed by atoms with van der Waals surface area (Å²) in [4.78, 5) is 71.2. The predicted octanol–water partition coefficient (Wildman–Crippen LogP) is 8.58. The third-order valence-electron chi connectivity index (χ3n) is 27.0. The fourth-order valence-electron chi connectivity index (χ4n) is 20.1. The molecule has 12 heterocycles. The fraction of sp³-hybridized carbons (Fsp3) is 0.458. The SMILES string of the molecule is C=CC(=O)N1CCN(c2nc(OC[C@@H]3CN(Cc4cc(N5CCc6c(nc(OC[C@@H]7COCC(c8cc(N9CCc%10c(nc(OC[C@H]%11COCCN%11C)nc%10N%10CCN(C(O)C=C)C(CC#N)C%10)C9)c9ccccc9c8)N7C)nc6N6CCN(C(O)C=C)C(CC#N)C6)C5)c5ccccc5c4)CCO3)nc3c2CCN(c2cccc4ccccc24)C3)CC1CC#N. The summed E-state index contributed by atoms with van der Waals surface area (Å²) in [7, 11) is 4.23. The van der Waals surface area contributed by atoms with Gasteiger partial charge in [-0.05, 0) is 109 Å². The Morgan fingerprint density at radius 1 is 0.492 bits per heavy atom. The van der Waals surface area contributed by atoms with Crippen LogP contribution in [-0.4, -0.2) is 289 Å². The Morgan fingerprint density at radius 2 is 0.984 bits per heavy atom. The van der Waals surface area contributed by atoms with Crippen LogP contribution in [0.1, 0.15) is 70.2 Å². The summed E-state index contributed by atoms with van der Waals surface area (Å²) in [5.74, 6) is 2.16. The number of aliphatic hydroxyl groups excluding tert-OH is 2. The quantitative estimate of drug-likeness (QED) is 0.0379. The molecule has 0 saturated carbocycles. The van der Waals surface area contributed by atoms with Gasteiger partial charge in [-0.1, -0.05) is 105 Å². The molecule has 1 amide bonds. The molecule has 6 fully saturated rings. The number of piperazine rings is 3. The maximum absolute atomic E-state index is 13.1. The van der Waals surface area contributed by atoms with Gasteiger partial charge in [0, 0.05) is 167 Å². The fourth-order valence-corrected chi connectivity index (χ4v) is 20.1. The third-order valence-corrected chi connectivity index (χ3v) is 27.0. The van der Waals surface area contributed by atoms with Crippen LogP contribution in [0.3, 0.4) is 0 Å². The van der Waals surface area contributed by atoms with E-state index in [-0.39, 0.29) is 92.8 Å². The standard InChI is InChI=1S/C96H111N21O9/c1-6-88(118)115-39-36-112(51-69(115)24-30-97)91-80-29-35-111(57-83(80)100-94(103-91)124-60-72-58-121-44-42-106(72)4)86-49-68(48-67-18-11-14-22-77(67)86)87-63-122-59-73(107(87)5)61-125-95-101-82-56-110(34-28-79(82)92(104-95)113-37-40-116(89(119)7-2)70(52-113)25-31-98)85-47-64(46-66-17-10-13-21-76(66)85)50-108-43-45-123-74(54-108)62-126-96-102-81-55-109(84-23-15-19-65-16-9-12-20-75(65)84)33-27-78(81)93(105-96)114-38-41-117(90(120)8-3)71(53-114)26-32-99/h6-23,46-49,69-74,87-89,118-119H,1-3,24-29,33-45,50-63H2,4-5H3/t69?,70?,71?,72-,73+,74+,87?,88?,89?/m1/s1. The van der Waals surface area contributed by atoms with E-state index in [1.807, 2.05) is 9.80 Å². The Balaban J connectivity index is 0.589. The number of carbonyl (C=O) groups excluding carboxylic acids is 1. The first-order valence-electron chi connectivity index (χ1n) is 44.4. The first-order valence-corrected chi connectivity index (χ1v) is 44.4. The monoisotopic (exact) mass is 1700 g/mol. The summed E-state index contributed by atoms with van der Waals surface area (Å²) in [5.41, 5.74) is 11.3. The van der Waals surface area contributed by atoms with Crippen molar-refractivity contribution in [1.82, 2.24) is 59.3 Å². The van der Waals surface area contributed by atoms with Crippen LogP contribution in [0.4, 0.5) is 34.5 Å². The first kappa shape index (κ1) is 85.1. The highest BCUT2D eigenvalue weighted by atomic mass is 16.5. The van der Waals surface area contributed by atoms with Crippen LogP contribution in [0.2, 0.25) is 0 Å². The number of nitriles is 3. The lowest BCUT2D eigenvalue weighted by atomic mass is 9.96. The topological polar surface area (TPSA) is 301 Å². The molecule has 30 nitrogen and oxygen atoms in total. The molecule has 9 aliphatic rings. The van der Waals surface area contributed by atoms with Gasteiger partial charge in [0.05, 0.1) is 131 Å². The Bertz CT molecular complexity index is 5640.